The molecule has 5 heteroatoms. The van der Waals surface area contributed by atoms with Crippen LogP contribution in [0.15, 0.2) is 41.0 Å². The fourth-order valence-corrected chi connectivity index (χ4v) is 1.50. The number of hydrogen-bond acceptors (Lipinski definition) is 2. The third-order valence-corrected chi connectivity index (χ3v) is 2.19. The molecule has 1 heterocycles. The lowest BCUT2D eigenvalue weighted by Gasteiger charge is -2.09. The van der Waals surface area contributed by atoms with E-state index in [1.807, 2.05) is 6.92 Å². The van der Waals surface area contributed by atoms with Gasteiger partial charge in [0.1, 0.15) is 11.5 Å². The Hall–Kier alpha value is -1.91. The average Bonchev–Trinajstić information content (AvgIpc) is 2.62. The highest BCUT2D eigenvalue weighted by Crippen LogP contribution is 2.29. The zero-order valence-corrected chi connectivity index (χ0v) is 8.91. The fourth-order valence-electron chi connectivity index (χ4n) is 1.50. The molecule has 2 rings (SSSR count). The molecule has 90 valence electrons. The molecule has 0 atom stereocenters. The summed E-state index contributed by atoms with van der Waals surface area (Å²) in [6.45, 7) is 1.82. The zero-order chi connectivity index (χ0) is 12.5. The Morgan fingerprint density at radius 2 is 1.94 bits per heavy atom. The van der Waals surface area contributed by atoms with Crippen LogP contribution in [-0.4, -0.2) is 6.36 Å². The van der Waals surface area contributed by atoms with Crippen molar-refractivity contribution in [3.8, 4) is 17.1 Å². The fraction of sp³-hybridized carbons (Fsp3) is 0.167. The minimum atomic E-state index is -4.68. The second-order valence-electron chi connectivity index (χ2n) is 3.51. The topological polar surface area (TPSA) is 22.4 Å². The summed E-state index contributed by atoms with van der Waals surface area (Å²) in [5, 5.41) is 0. The largest absolute Gasteiger partial charge is 0.573 e. The summed E-state index contributed by atoms with van der Waals surface area (Å²) in [6.07, 6.45) is -3.20. The molecule has 0 saturated carbocycles. The lowest BCUT2D eigenvalue weighted by molar-refractivity contribution is -0.274. The van der Waals surface area contributed by atoms with Crippen molar-refractivity contribution in [2.24, 2.45) is 0 Å². The number of benzene rings is 1. The van der Waals surface area contributed by atoms with E-state index in [1.54, 1.807) is 12.1 Å². The first kappa shape index (κ1) is 11.6. The van der Waals surface area contributed by atoms with Gasteiger partial charge in [-0.2, -0.15) is 0 Å². The van der Waals surface area contributed by atoms with E-state index in [0.29, 0.717) is 11.3 Å². The number of alkyl halides is 3. The summed E-state index contributed by atoms with van der Waals surface area (Å²) in [7, 11) is 0. The molecule has 2 nitrogen and oxygen atoms in total. The van der Waals surface area contributed by atoms with E-state index in [2.05, 4.69) is 4.74 Å². The number of furan rings is 1. The van der Waals surface area contributed by atoms with Crippen molar-refractivity contribution in [3.05, 3.63) is 42.2 Å². The number of rotatable bonds is 2. The molecular formula is C12H9F3O2. The molecule has 0 radical (unpaired) electrons. The minimum absolute atomic E-state index is 0.259. The third-order valence-electron chi connectivity index (χ3n) is 2.19. The van der Waals surface area contributed by atoms with Crippen LogP contribution in [0, 0.1) is 6.92 Å². The Balaban J connectivity index is 2.32. The molecule has 0 fully saturated rings. The second kappa shape index (κ2) is 4.16. The van der Waals surface area contributed by atoms with Gasteiger partial charge in [-0.25, -0.2) is 0 Å². The summed E-state index contributed by atoms with van der Waals surface area (Å²) in [5.41, 5.74) is 1.41. The van der Waals surface area contributed by atoms with Gasteiger partial charge in [0, 0.05) is 5.56 Å². The highest BCUT2D eigenvalue weighted by Gasteiger charge is 2.31. The van der Waals surface area contributed by atoms with Gasteiger partial charge >= 0.3 is 6.36 Å². The van der Waals surface area contributed by atoms with Crippen molar-refractivity contribution in [2.45, 2.75) is 13.3 Å². The number of aryl methyl sites for hydroxylation is 1. The summed E-state index contributed by atoms with van der Waals surface area (Å²) in [4.78, 5) is 0. The van der Waals surface area contributed by atoms with E-state index < -0.39 is 6.36 Å². The van der Waals surface area contributed by atoms with Crippen LogP contribution in [0.2, 0.25) is 0 Å². The van der Waals surface area contributed by atoms with Crippen molar-refractivity contribution in [1.29, 1.82) is 0 Å². The lowest BCUT2D eigenvalue weighted by Crippen LogP contribution is -2.17. The molecule has 0 aliphatic rings. The van der Waals surface area contributed by atoms with Gasteiger partial charge in [-0.1, -0.05) is 12.1 Å². The molecule has 17 heavy (non-hydrogen) atoms. The number of hydrogen-bond donors (Lipinski definition) is 0. The van der Waals surface area contributed by atoms with Crippen LogP contribution in [0.4, 0.5) is 13.2 Å². The van der Waals surface area contributed by atoms with E-state index in [0.717, 1.165) is 5.56 Å². The average molecular weight is 242 g/mol. The molecule has 1 aromatic heterocycles. The van der Waals surface area contributed by atoms with Crippen molar-refractivity contribution >= 4 is 0 Å². The Labute approximate surface area is 95.6 Å². The molecular weight excluding hydrogens is 233 g/mol. The number of halogens is 3. The summed E-state index contributed by atoms with van der Waals surface area (Å²) >= 11 is 0. The molecule has 2 aromatic rings. The monoisotopic (exact) mass is 242 g/mol. The van der Waals surface area contributed by atoms with Crippen LogP contribution in [0.25, 0.3) is 11.3 Å². The predicted molar refractivity (Wildman–Crippen MR) is 55.6 cm³/mol. The molecule has 0 bridgehead atoms. The van der Waals surface area contributed by atoms with Crippen LogP contribution in [0.1, 0.15) is 5.56 Å². The van der Waals surface area contributed by atoms with Crippen LogP contribution < -0.4 is 4.74 Å². The smallest absolute Gasteiger partial charge is 0.464 e. The quantitative estimate of drug-likeness (QED) is 0.789. The molecule has 0 saturated heterocycles. The summed E-state index contributed by atoms with van der Waals surface area (Å²) in [5.74, 6) is 0.281. The Morgan fingerprint density at radius 3 is 2.53 bits per heavy atom. The summed E-state index contributed by atoms with van der Waals surface area (Å²) < 4.78 is 45.2. The Kier molecular flexibility index (Phi) is 2.83. The number of ether oxygens (including phenoxy) is 1. The maximum absolute atomic E-state index is 12.0. The first-order chi connectivity index (χ1) is 7.96. The maximum atomic E-state index is 12.0. The molecule has 0 unspecified atom stereocenters. The molecule has 0 N–H and O–H groups in total. The first-order valence-electron chi connectivity index (χ1n) is 4.86. The SMILES string of the molecule is Cc1ccoc1-c1cccc(OC(F)(F)F)c1. The Morgan fingerprint density at radius 1 is 1.18 bits per heavy atom. The maximum Gasteiger partial charge on any atom is 0.573 e. The Bertz CT molecular complexity index is 514. The van der Waals surface area contributed by atoms with Gasteiger partial charge in [-0.15, -0.1) is 13.2 Å². The molecule has 1 aromatic carbocycles. The van der Waals surface area contributed by atoms with Gasteiger partial charge in [-0.3, -0.25) is 0 Å². The van der Waals surface area contributed by atoms with Gasteiger partial charge < -0.3 is 9.15 Å². The molecule has 0 spiro atoms. The van der Waals surface area contributed by atoms with Crippen molar-refractivity contribution < 1.29 is 22.3 Å². The zero-order valence-electron chi connectivity index (χ0n) is 8.91. The standard InChI is InChI=1S/C12H9F3O2/c1-8-5-6-16-11(8)9-3-2-4-10(7-9)17-12(13,14)15/h2-7H,1H3. The van der Waals surface area contributed by atoms with Crippen LogP contribution in [0.3, 0.4) is 0 Å². The van der Waals surface area contributed by atoms with Gasteiger partial charge in [0.15, 0.2) is 0 Å². The van der Waals surface area contributed by atoms with Crippen LogP contribution >= 0.6 is 0 Å². The third kappa shape index (κ3) is 2.81. The first-order valence-corrected chi connectivity index (χ1v) is 4.86. The van der Waals surface area contributed by atoms with E-state index >= 15 is 0 Å². The molecule has 0 amide bonds. The van der Waals surface area contributed by atoms with E-state index in [4.69, 9.17) is 4.42 Å². The lowest BCUT2D eigenvalue weighted by atomic mass is 10.1. The van der Waals surface area contributed by atoms with Crippen molar-refractivity contribution in [2.75, 3.05) is 0 Å². The van der Waals surface area contributed by atoms with Gasteiger partial charge in [0.25, 0.3) is 0 Å². The van der Waals surface area contributed by atoms with Crippen molar-refractivity contribution in [3.63, 3.8) is 0 Å². The van der Waals surface area contributed by atoms with E-state index in [9.17, 15) is 13.2 Å². The van der Waals surface area contributed by atoms with Crippen molar-refractivity contribution in [1.82, 2.24) is 0 Å². The van der Waals surface area contributed by atoms with Gasteiger partial charge in [0.2, 0.25) is 0 Å². The highest BCUT2D eigenvalue weighted by atomic mass is 19.4. The summed E-state index contributed by atoms with van der Waals surface area (Å²) in [6, 6.07) is 7.43. The molecule has 0 aliphatic heterocycles. The molecule has 0 aliphatic carbocycles. The minimum Gasteiger partial charge on any atom is -0.464 e. The van der Waals surface area contributed by atoms with Crippen LogP contribution in [0.5, 0.6) is 5.75 Å². The van der Waals surface area contributed by atoms with Gasteiger partial charge in [-0.05, 0) is 30.7 Å². The van der Waals surface area contributed by atoms with E-state index in [-0.39, 0.29) is 5.75 Å². The second-order valence-corrected chi connectivity index (χ2v) is 3.51. The van der Waals surface area contributed by atoms with Gasteiger partial charge in [0.05, 0.1) is 6.26 Å². The normalized spacial score (nSPS) is 11.5. The highest BCUT2D eigenvalue weighted by molar-refractivity contribution is 5.62. The predicted octanol–water partition coefficient (Wildman–Crippen LogP) is 4.15. The van der Waals surface area contributed by atoms with Crippen LogP contribution in [-0.2, 0) is 0 Å². The van der Waals surface area contributed by atoms with E-state index in [1.165, 1.54) is 24.5 Å².